The highest BCUT2D eigenvalue weighted by molar-refractivity contribution is 7.81. The van der Waals surface area contributed by atoms with Crippen molar-refractivity contribution in [2.45, 2.75) is 13.5 Å². The summed E-state index contributed by atoms with van der Waals surface area (Å²) in [5.74, 6) is -0.556. The SMILES string of the molecule is Cc1ccc(COc2ccc(Cl)cc2C=C2C(=O)N(c3ccccc3)C(=S)N(c3ccccc3)C2=O)cc1. The molecular weight excluding hydrogens is 516 g/mol. The first-order valence-electron chi connectivity index (χ1n) is 11.9. The van der Waals surface area contributed by atoms with Crippen LogP contribution in [0.3, 0.4) is 0 Å². The van der Waals surface area contributed by atoms with Gasteiger partial charge in [-0.05, 0) is 73.2 Å². The fraction of sp³-hybridized carbons (Fsp3) is 0.0645. The van der Waals surface area contributed by atoms with Crippen molar-refractivity contribution < 1.29 is 14.3 Å². The van der Waals surface area contributed by atoms with E-state index in [0.29, 0.717) is 34.3 Å². The molecule has 0 saturated carbocycles. The highest BCUT2D eigenvalue weighted by Crippen LogP contribution is 2.32. The van der Waals surface area contributed by atoms with Crippen molar-refractivity contribution in [3.05, 3.63) is 130 Å². The molecule has 4 aromatic carbocycles. The quantitative estimate of drug-likeness (QED) is 0.151. The Morgan fingerprint density at radius 3 is 1.89 bits per heavy atom. The van der Waals surface area contributed by atoms with Gasteiger partial charge in [-0.15, -0.1) is 0 Å². The van der Waals surface area contributed by atoms with Crippen LogP contribution in [0.25, 0.3) is 6.08 Å². The molecule has 0 radical (unpaired) electrons. The lowest BCUT2D eigenvalue weighted by molar-refractivity contribution is -0.120. The molecule has 188 valence electrons. The molecule has 1 aliphatic rings. The van der Waals surface area contributed by atoms with Crippen molar-refractivity contribution in [1.29, 1.82) is 0 Å². The molecule has 1 fully saturated rings. The molecule has 38 heavy (non-hydrogen) atoms. The van der Waals surface area contributed by atoms with Crippen molar-refractivity contribution in [3.63, 3.8) is 0 Å². The standard InChI is InChI=1S/C31H23ClN2O3S/c1-21-12-14-22(15-13-21)20-37-28-17-16-24(32)18-23(28)19-27-29(35)33(25-8-4-2-5-9-25)31(38)34(30(27)36)26-10-6-3-7-11-26/h2-19H,20H2,1H3. The van der Waals surface area contributed by atoms with Crippen LogP contribution in [0.15, 0.2) is 109 Å². The second-order valence-corrected chi connectivity index (χ2v) is 9.55. The molecule has 0 aromatic heterocycles. The molecule has 2 amide bonds. The summed E-state index contributed by atoms with van der Waals surface area (Å²) in [6.07, 6.45) is 1.52. The molecule has 0 bridgehead atoms. The number of hydrogen-bond acceptors (Lipinski definition) is 4. The number of nitrogens with zero attached hydrogens (tertiary/aromatic N) is 2. The van der Waals surface area contributed by atoms with Crippen LogP contribution in [-0.4, -0.2) is 16.9 Å². The number of ether oxygens (including phenoxy) is 1. The Bertz CT molecular complexity index is 1470. The zero-order valence-corrected chi connectivity index (χ0v) is 22.1. The fourth-order valence-corrected chi connectivity index (χ4v) is 4.66. The molecule has 1 saturated heterocycles. The maximum Gasteiger partial charge on any atom is 0.270 e. The molecule has 0 unspecified atom stereocenters. The van der Waals surface area contributed by atoms with Gasteiger partial charge in [-0.1, -0.05) is 77.8 Å². The monoisotopic (exact) mass is 538 g/mol. The molecule has 0 spiro atoms. The van der Waals surface area contributed by atoms with Crippen molar-refractivity contribution >= 4 is 58.2 Å². The van der Waals surface area contributed by atoms with Gasteiger partial charge >= 0.3 is 0 Å². The molecule has 5 rings (SSSR count). The zero-order chi connectivity index (χ0) is 26.6. The number of thiocarbonyl (C=S) groups is 1. The highest BCUT2D eigenvalue weighted by atomic mass is 35.5. The summed E-state index contributed by atoms with van der Waals surface area (Å²) in [4.78, 5) is 30.3. The van der Waals surface area contributed by atoms with E-state index in [-0.39, 0.29) is 10.7 Å². The van der Waals surface area contributed by atoms with Crippen molar-refractivity contribution in [3.8, 4) is 5.75 Å². The highest BCUT2D eigenvalue weighted by Gasteiger charge is 2.41. The van der Waals surface area contributed by atoms with Gasteiger partial charge in [-0.2, -0.15) is 0 Å². The average molecular weight is 539 g/mol. The number of benzene rings is 4. The number of halogens is 1. The molecule has 0 aliphatic carbocycles. The lowest BCUT2D eigenvalue weighted by atomic mass is 10.0. The Morgan fingerprint density at radius 1 is 0.789 bits per heavy atom. The first-order chi connectivity index (χ1) is 18.4. The third kappa shape index (κ3) is 5.23. The molecule has 0 atom stereocenters. The summed E-state index contributed by atoms with van der Waals surface area (Å²) < 4.78 is 6.10. The maximum absolute atomic E-state index is 13.8. The third-order valence-corrected chi connectivity index (χ3v) is 6.67. The number of carbonyl (C=O) groups is 2. The molecule has 1 aliphatic heterocycles. The van der Waals surface area contributed by atoms with Gasteiger partial charge in [0, 0.05) is 10.6 Å². The molecule has 5 nitrogen and oxygen atoms in total. The second kappa shape index (κ2) is 11.0. The van der Waals surface area contributed by atoms with E-state index in [2.05, 4.69) is 0 Å². The van der Waals surface area contributed by atoms with Gasteiger partial charge < -0.3 is 4.74 Å². The van der Waals surface area contributed by atoms with Gasteiger partial charge in [0.2, 0.25) is 0 Å². The fourth-order valence-electron chi connectivity index (χ4n) is 4.10. The van der Waals surface area contributed by atoms with Crippen LogP contribution in [-0.2, 0) is 16.2 Å². The van der Waals surface area contributed by atoms with E-state index in [1.165, 1.54) is 15.9 Å². The average Bonchev–Trinajstić information content (AvgIpc) is 2.93. The van der Waals surface area contributed by atoms with E-state index >= 15 is 0 Å². The van der Waals surface area contributed by atoms with Crippen LogP contribution in [0.2, 0.25) is 5.02 Å². The molecule has 1 heterocycles. The predicted molar refractivity (Wildman–Crippen MR) is 155 cm³/mol. The Kier molecular flexibility index (Phi) is 7.36. The summed E-state index contributed by atoms with van der Waals surface area (Å²) in [6, 6.07) is 31.2. The molecule has 0 N–H and O–H groups in total. The second-order valence-electron chi connectivity index (χ2n) is 8.75. The van der Waals surface area contributed by atoms with E-state index < -0.39 is 11.8 Å². The summed E-state index contributed by atoms with van der Waals surface area (Å²) in [7, 11) is 0. The van der Waals surface area contributed by atoms with E-state index in [1.807, 2.05) is 67.6 Å². The van der Waals surface area contributed by atoms with E-state index in [1.54, 1.807) is 42.5 Å². The number of rotatable bonds is 6. The Balaban J connectivity index is 1.57. The lowest BCUT2D eigenvalue weighted by Crippen LogP contribution is -2.56. The maximum atomic E-state index is 13.8. The van der Waals surface area contributed by atoms with Crippen molar-refractivity contribution in [2.75, 3.05) is 9.80 Å². The van der Waals surface area contributed by atoms with Crippen LogP contribution < -0.4 is 14.5 Å². The summed E-state index contributed by atoms with van der Waals surface area (Å²) >= 11 is 12.0. The van der Waals surface area contributed by atoms with Crippen LogP contribution >= 0.6 is 23.8 Å². The lowest BCUT2D eigenvalue weighted by Gasteiger charge is -2.36. The summed E-state index contributed by atoms with van der Waals surface area (Å²) in [5.41, 5.74) is 3.71. The largest absolute Gasteiger partial charge is 0.488 e. The number of anilines is 2. The van der Waals surface area contributed by atoms with Gasteiger partial charge in [-0.3, -0.25) is 19.4 Å². The van der Waals surface area contributed by atoms with E-state index in [0.717, 1.165) is 11.1 Å². The van der Waals surface area contributed by atoms with Crippen LogP contribution in [0, 0.1) is 6.92 Å². The molecule has 7 heteroatoms. The van der Waals surface area contributed by atoms with Gasteiger partial charge in [0.15, 0.2) is 5.11 Å². The van der Waals surface area contributed by atoms with Crippen LogP contribution in [0.5, 0.6) is 5.75 Å². The summed E-state index contributed by atoms with van der Waals surface area (Å²) in [5, 5.41) is 0.530. The first-order valence-corrected chi connectivity index (χ1v) is 12.7. The van der Waals surface area contributed by atoms with Gasteiger partial charge in [0.05, 0.1) is 11.4 Å². The van der Waals surface area contributed by atoms with Crippen LogP contribution in [0.4, 0.5) is 11.4 Å². The number of carbonyl (C=O) groups excluding carboxylic acids is 2. The number of para-hydroxylation sites is 2. The minimum absolute atomic E-state index is 0.0613. The van der Waals surface area contributed by atoms with Crippen molar-refractivity contribution in [2.24, 2.45) is 0 Å². The van der Waals surface area contributed by atoms with Crippen molar-refractivity contribution in [1.82, 2.24) is 0 Å². The Hall–Kier alpha value is -4.26. The topological polar surface area (TPSA) is 49.9 Å². The predicted octanol–water partition coefficient (Wildman–Crippen LogP) is 6.98. The van der Waals surface area contributed by atoms with E-state index in [9.17, 15) is 9.59 Å². The minimum Gasteiger partial charge on any atom is -0.488 e. The zero-order valence-electron chi connectivity index (χ0n) is 20.5. The Labute approximate surface area is 231 Å². The molecule has 4 aromatic rings. The van der Waals surface area contributed by atoms with Gasteiger partial charge in [0.25, 0.3) is 11.8 Å². The number of hydrogen-bond donors (Lipinski definition) is 0. The smallest absolute Gasteiger partial charge is 0.270 e. The van der Waals surface area contributed by atoms with Gasteiger partial charge in [0.1, 0.15) is 17.9 Å². The number of amides is 2. The third-order valence-electron chi connectivity index (χ3n) is 6.06. The number of aryl methyl sites for hydroxylation is 1. The summed E-state index contributed by atoms with van der Waals surface area (Å²) in [6.45, 7) is 2.34. The van der Waals surface area contributed by atoms with Gasteiger partial charge in [-0.25, -0.2) is 0 Å². The first kappa shape index (κ1) is 25.4. The normalized spacial score (nSPS) is 13.6. The Morgan fingerprint density at radius 2 is 1.34 bits per heavy atom. The van der Waals surface area contributed by atoms with E-state index in [4.69, 9.17) is 28.6 Å². The molecular formula is C31H23ClN2O3S. The minimum atomic E-state index is -0.525. The van der Waals surface area contributed by atoms with Crippen LogP contribution in [0.1, 0.15) is 16.7 Å².